The van der Waals surface area contributed by atoms with Crippen molar-refractivity contribution < 1.29 is 0 Å². The Balaban J connectivity index is 2.67. The first-order valence-corrected chi connectivity index (χ1v) is 5.27. The molecule has 3 N–H and O–H groups in total. The number of hydrogen-bond acceptors (Lipinski definition) is 4. The molecule has 1 atom stereocenters. The van der Waals surface area contributed by atoms with E-state index in [-0.39, 0.29) is 5.41 Å². The highest BCUT2D eigenvalue weighted by atomic mass is 15.1. The molecule has 1 heterocycles. The topological polar surface area (TPSA) is 63.8 Å². The van der Waals surface area contributed by atoms with Gasteiger partial charge in [0.15, 0.2) is 0 Å². The Bertz CT molecular complexity index is 278. The maximum Gasteiger partial charge on any atom is 0.222 e. The third-order valence-electron chi connectivity index (χ3n) is 2.37. The summed E-state index contributed by atoms with van der Waals surface area (Å²) in [6.07, 6.45) is 4.39. The number of aromatic nitrogens is 2. The van der Waals surface area contributed by atoms with Crippen molar-refractivity contribution in [1.82, 2.24) is 9.97 Å². The van der Waals surface area contributed by atoms with Crippen LogP contribution in [0.15, 0.2) is 18.5 Å². The summed E-state index contributed by atoms with van der Waals surface area (Å²) in [4.78, 5) is 8.30. The zero-order valence-corrected chi connectivity index (χ0v) is 9.70. The van der Waals surface area contributed by atoms with E-state index in [0.29, 0.717) is 18.5 Å². The van der Waals surface area contributed by atoms with Gasteiger partial charge in [0, 0.05) is 18.4 Å². The van der Waals surface area contributed by atoms with Gasteiger partial charge in [0.05, 0.1) is 0 Å². The van der Waals surface area contributed by atoms with Crippen LogP contribution >= 0.6 is 0 Å². The summed E-state index contributed by atoms with van der Waals surface area (Å²) in [7, 11) is 0. The minimum Gasteiger partial charge on any atom is -0.351 e. The highest BCUT2D eigenvalue weighted by Crippen LogP contribution is 2.23. The number of nitrogens with zero attached hydrogens (tertiary/aromatic N) is 2. The summed E-state index contributed by atoms with van der Waals surface area (Å²) in [5.41, 5.74) is 5.75. The molecule has 0 aliphatic carbocycles. The summed E-state index contributed by atoms with van der Waals surface area (Å²) in [6, 6.07) is 2.10. The fourth-order valence-corrected chi connectivity index (χ4v) is 1.42. The lowest BCUT2D eigenvalue weighted by atomic mass is 9.85. The molecule has 0 saturated carbocycles. The van der Waals surface area contributed by atoms with Crippen LogP contribution in [0.5, 0.6) is 0 Å². The van der Waals surface area contributed by atoms with E-state index in [0.717, 1.165) is 6.42 Å². The molecule has 1 aromatic heterocycles. The Morgan fingerprint density at radius 1 is 1.33 bits per heavy atom. The molecule has 0 aliphatic rings. The standard InChI is InChI=1S/C11H20N4/c1-11(2,3)9(5-6-12)15-10-13-7-4-8-14-10/h4,7-9H,5-6,12H2,1-3H3,(H,13,14,15). The van der Waals surface area contributed by atoms with Gasteiger partial charge in [-0.3, -0.25) is 0 Å². The van der Waals surface area contributed by atoms with Crippen LogP contribution in [-0.2, 0) is 0 Å². The SMILES string of the molecule is CC(C)(C)C(CCN)Nc1ncccn1. The van der Waals surface area contributed by atoms with E-state index < -0.39 is 0 Å². The first-order chi connectivity index (χ1) is 7.04. The summed E-state index contributed by atoms with van der Waals surface area (Å²) in [5.74, 6) is 0.672. The molecule has 84 valence electrons. The second-order valence-corrected chi connectivity index (χ2v) is 4.71. The number of nitrogens with one attached hydrogen (secondary N) is 1. The number of rotatable bonds is 4. The zero-order valence-electron chi connectivity index (χ0n) is 9.70. The first kappa shape index (κ1) is 11.9. The lowest BCUT2D eigenvalue weighted by Crippen LogP contribution is -2.36. The van der Waals surface area contributed by atoms with Crippen LogP contribution in [-0.4, -0.2) is 22.6 Å². The zero-order chi connectivity index (χ0) is 11.3. The van der Waals surface area contributed by atoms with Gasteiger partial charge in [0.2, 0.25) is 5.95 Å². The van der Waals surface area contributed by atoms with Gasteiger partial charge < -0.3 is 11.1 Å². The molecule has 0 aromatic carbocycles. The molecular formula is C11H20N4. The highest BCUT2D eigenvalue weighted by Gasteiger charge is 2.24. The molecule has 0 fully saturated rings. The van der Waals surface area contributed by atoms with Gasteiger partial charge in [-0.1, -0.05) is 20.8 Å². The average Bonchev–Trinajstić information content (AvgIpc) is 2.17. The molecule has 1 unspecified atom stereocenters. The first-order valence-electron chi connectivity index (χ1n) is 5.27. The second-order valence-electron chi connectivity index (χ2n) is 4.71. The summed E-state index contributed by atoms with van der Waals surface area (Å²) in [6.45, 7) is 7.22. The largest absolute Gasteiger partial charge is 0.351 e. The molecule has 0 radical (unpaired) electrons. The molecule has 0 bridgehead atoms. The van der Waals surface area contributed by atoms with Crippen molar-refractivity contribution in [2.24, 2.45) is 11.1 Å². The number of nitrogens with two attached hydrogens (primary N) is 1. The van der Waals surface area contributed by atoms with E-state index in [1.807, 2.05) is 0 Å². The van der Waals surface area contributed by atoms with Crippen molar-refractivity contribution in [2.75, 3.05) is 11.9 Å². The molecule has 4 heteroatoms. The van der Waals surface area contributed by atoms with Gasteiger partial charge in [-0.05, 0) is 24.4 Å². The van der Waals surface area contributed by atoms with Gasteiger partial charge in [0.1, 0.15) is 0 Å². The van der Waals surface area contributed by atoms with Crippen molar-refractivity contribution in [2.45, 2.75) is 33.2 Å². The Morgan fingerprint density at radius 2 is 1.93 bits per heavy atom. The number of anilines is 1. The molecular weight excluding hydrogens is 188 g/mol. The average molecular weight is 208 g/mol. The maximum atomic E-state index is 5.60. The van der Waals surface area contributed by atoms with E-state index in [9.17, 15) is 0 Å². The quantitative estimate of drug-likeness (QED) is 0.789. The second kappa shape index (κ2) is 5.07. The van der Waals surface area contributed by atoms with Crippen molar-refractivity contribution in [3.8, 4) is 0 Å². The maximum absolute atomic E-state index is 5.60. The third-order valence-corrected chi connectivity index (χ3v) is 2.37. The monoisotopic (exact) mass is 208 g/mol. The van der Waals surface area contributed by atoms with Crippen LogP contribution in [0, 0.1) is 5.41 Å². The van der Waals surface area contributed by atoms with Crippen LogP contribution in [0.2, 0.25) is 0 Å². The molecule has 0 spiro atoms. The highest BCUT2D eigenvalue weighted by molar-refractivity contribution is 5.25. The Labute approximate surface area is 91.3 Å². The fraction of sp³-hybridized carbons (Fsp3) is 0.636. The fourth-order valence-electron chi connectivity index (χ4n) is 1.42. The molecule has 4 nitrogen and oxygen atoms in total. The van der Waals surface area contributed by atoms with Crippen molar-refractivity contribution in [3.05, 3.63) is 18.5 Å². The van der Waals surface area contributed by atoms with Crippen LogP contribution in [0.3, 0.4) is 0 Å². The van der Waals surface area contributed by atoms with Crippen LogP contribution in [0.25, 0.3) is 0 Å². The van der Waals surface area contributed by atoms with Crippen LogP contribution < -0.4 is 11.1 Å². The normalized spacial score (nSPS) is 13.6. The van der Waals surface area contributed by atoms with E-state index in [4.69, 9.17) is 5.73 Å². The smallest absolute Gasteiger partial charge is 0.222 e. The van der Waals surface area contributed by atoms with Gasteiger partial charge in [-0.25, -0.2) is 9.97 Å². The van der Waals surface area contributed by atoms with Gasteiger partial charge in [-0.2, -0.15) is 0 Å². The Kier molecular flexibility index (Phi) is 4.03. The van der Waals surface area contributed by atoms with E-state index >= 15 is 0 Å². The molecule has 15 heavy (non-hydrogen) atoms. The van der Waals surface area contributed by atoms with Crippen molar-refractivity contribution in [1.29, 1.82) is 0 Å². The molecule has 0 aliphatic heterocycles. The predicted molar refractivity (Wildman–Crippen MR) is 62.6 cm³/mol. The lowest BCUT2D eigenvalue weighted by Gasteiger charge is -2.31. The molecule has 0 saturated heterocycles. The van der Waals surface area contributed by atoms with Crippen LogP contribution in [0.1, 0.15) is 27.2 Å². The number of hydrogen-bond donors (Lipinski definition) is 2. The van der Waals surface area contributed by atoms with Gasteiger partial charge in [-0.15, -0.1) is 0 Å². The summed E-state index contributed by atoms with van der Waals surface area (Å²) < 4.78 is 0. The van der Waals surface area contributed by atoms with E-state index in [1.54, 1.807) is 18.5 Å². The van der Waals surface area contributed by atoms with Gasteiger partial charge >= 0.3 is 0 Å². The molecule has 1 aromatic rings. The predicted octanol–water partition coefficient (Wildman–Crippen LogP) is 1.65. The summed E-state index contributed by atoms with van der Waals surface area (Å²) >= 11 is 0. The Hall–Kier alpha value is -1.16. The lowest BCUT2D eigenvalue weighted by molar-refractivity contribution is 0.327. The van der Waals surface area contributed by atoms with Crippen molar-refractivity contribution >= 4 is 5.95 Å². The van der Waals surface area contributed by atoms with Crippen LogP contribution in [0.4, 0.5) is 5.95 Å². The van der Waals surface area contributed by atoms with E-state index in [1.165, 1.54) is 0 Å². The van der Waals surface area contributed by atoms with Crippen molar-refractivity contribution in [3.63, 3.8) is 0 Å². The van der Waals surface area contributed by atoms with Gasteiger partial charge in [0.25, 0.3) is 0 Å². The summed E-state index contributed by atoms with van der Waals surface area (Å²) in [5, 5.41) is 3.32. The molecule has 1 rings (SSSR count). The molecule has 0 amide bonds. The third kappa shape index (κ3) is 3.83. The Morgan fingerprint density at radius 3 is 2.40 bits per heavy atom. The minimum absolute atomic E-state index is 0.151. The minimum atomic E-state index is 0.151. The van der Waals surface area contributed by atoms with E-state index in [2.05, 4.69) is 36.1 Å².